The molecule has 0 aromatic carbocycles. The molecule has 0 bridgehead atoms. The van der Waals surface area contributed by atoms with Crippen molar-refractivity contribution in [1.82, 2.24) is 15.2 Å². The van der Waals surface area contributed by atoms with E-state index >= 15 is 0 Å². The summed E-state index contributed by atoms with van der Waals surface area (Å²) in [5, 5.41) is 5.34. The predicted molar refractivity (Wildman–Crippen MR) is 76.1 cm³/mol. The van der Waals surface area contributed by atoms with Crippen molar-refractivity contribution >= 4 is 28.3 Å². The lowest BCUT2D eigenvalue weighted by atomic mass is 10.1. The van der Waals surface area contributed by atoms with E-state index in [9.17, 15) is 9.59 Å². The molecule has 1 saturated carbocycles. The van der Waals surface area contributed by atoms with E-state index in [1.54, 1.807) is 0 Å². The molecule has 2 fully saturated rings. The number of nitrogens with one attached hydrogen (secondary N) is 1. The number of nitrogens with zero attached hydrogens (tertiary/aromatic N) is 2. The van der Waals surface area contributed by atoms with Crippen molar-refractivity contribution < 1.29 is 9.59 Å². The van der Waals surface area contributed by atoms with E-state index in [1.165, 1.54) is 11.3 Å². The van der Waals surface area contributed by atoms with Gasteiger partial charge in [-0.25, -0.2) is 4.98 Å². The van der Waals surface area contributed by atoms with E-state index in [0.29, 0.717) is 37.1 Å². The highest BCUT2D eigenvalue weighted by molar-refractivity contribution is 7.13. The van der Waals surface area contributed by atoms with E-state index in [1.807, 2.05) is 10.3 Å². The van der Waals surface area contributed by atoms with Crippen LogP contribution in [0.15, 0.2) is 5.38 Å². The lowest BCUT2D eigenvalue weighted by Crippen LogP contribution is -2.34. The quantitative estimate of drug-likeness (QED) is 0.822. The highest BCUT2D eigenvalue weighted by Gasteiger charge is 2.41. The van der Waals surface area contributed by atoms with Gasteiger partial charge in [-0.2, -0.15) is 0 Å². The van der Waals surface area contributed by atoms with Crippen molar-refractivity contribution in [2.24, 2.45) is 5.92 Å². The first-order valence-corrected chi connectivity index (χ1v) is 7.78. The molecule has 7 heteroatoms. The predicted octanol–water partition coefficient (Wildman–Crippen LogP) is 0.395. The summed E-state index contributed by atoms with van der Waals surface area (Å²) in [7, 11) is 0. The van der Waals surface area contributed by atoms with Gasteiger partial charge in [-0.05, 0) is 12.8 Å². The molecule has 1 aliphatic carbocycles. The SMILES string of the molecule is Nc1nc(CCNC(=O)C2CC(=O)N(C3CC3)C2)cs1. The third-order valence-corrected chi connectivity index (χ3v) is 4.49. The second-order valence-corrected chi connectivity index (χ2v) is 6.29. The summed E-state index contributed by atoms with van der Waals surface area (Å²) in [6.07, 6.45) is 3.20. The van der Waals surface area contributed by atoms with Gasteiger partial charge in [-0.1, -0.05) is 0 Å². The van der Waals surface area contributed by atoms with Gasteiger partial charge < -0.3 is 16.0 Å². The number of carbonyl (C=O) groups is 2. The third-order valence-electron chi connectivity index (χ3n) is 3.77. The lowest BCUT2D eigenvalue weighted by Gasteiger charge is -2.15. The molecule has 3 rings (SSSR count). The molecular formula is C13H18N4O2S. The largest absolute Gasteiger partial charge is 0.375 e. The summed E-state index contributed by atoms with van der Waals surface area (Å²) < 4.78 is 0. The molecule has 0 radical (unpaired) electrons. The first-order valence-electron chi connectivity index (χ1n) is 6.90. The van der Waals surface area contributed by atoms with Crippen LogP contribution in [-0.4, -0.2) is 40.8 Å². The van der Waals surface area contributed by atoms with Crippen LogP contribution in [0.4, 0.5) is 5.13 Å². The normalized spacial score (nSPS) is 22.3. The third kappa shape index (κ3) is 2.92. The van der Waals surface area contributed by atoms with Crippen molar-refractivity contribution in [3.05, 3.63) is 11.1 Å². The number of rotatable bonds is 5. The maximum absolute atomic E-state index is 12.0. The van der Waals surface area contributed by atoms with Crippen molar-refractivity contribution in [3.63, 3.8) is 0 Å². The molecule has 2 heterocycles. The second-order valence-electron chi connectivity index (χ2n) is 5.40. The summed E-state index contributed by atoms with van der Waals surface area (Å²) in [6.45, 7) is 1.12. The summed E-state index contributed by atoms with van der Waals surface area (Å²) >= 11 is 1.40. The van der Waals surface area contributed by atoms with Crippen LogP contribution in [0.5, 0.6) is 0 Å². The number of hydrogen-bond acceptors (Lipinski definition) is 5. The van der Waals surface area contributed by atoms with Gasteiger partial charge in [0.05, 0.1) is 11.6 Å². The van der Waals surface area contributed by atoms with Crippen LogP contribution >= 0.6 is 11.3 Å². The van der Waals surface area contributed by atoms with Gasteiger partial charge in [0.2, 0.25) is 11.8 Å². The Labute approximate surface area is 121 Å². The standard InChI is InChI=1S/C13H18N4O2S/c14-13-16-9(7-20-13)3-4-15-12(19)8-5-11(18)17(6-8)10-1-2-10/h7-8,10H,1-6H2,(H2,14,16)(H,15,19). The average molecular weight is 294 g/mol. The Balaban J connectivity index is 1.44. The van der Waals surface area contributed by atoms with E-state index < -0.39 is 0 Å². The van der Waals surface area contributed by atoms with Gasteiger partial charge >= 0.3 is 0 Å². The molecule has 1 aliphatic heterocycles. The Bertz CT molecular complexity index is 526. The Morgan fingerprint density at radius 2 is 2.35 bits per heavy atom. The van der Waals surface area contributed by atoms with Crippen molar-refractivity contribution in [3.8, 4) is 0 Å². The molecule has 1 unspecified atom stereocenters. The van der Waals surface area contributed by atoms with Crippen molar-refractivity contribution in [2.75, 3.05) is 18.8 Å². The minimum Gasteiger partial charge on any atom is -0.375 e. The van der Waals surface area contributed by atoms with Crippen LogP contribution in [0, 0.1) is 5.92 Å². The highest BCUT2D eigenvalue weighted by Crippen LogP contribution is 2.32. The zero-order valence-corrected chi connectivity index (χ0v) is 12.0. The fraction of sp³-hybridized carbons (Fsp3) is 0.615. The summed E-state index contributed by atoms with van der Waals surface area (Å²) in [5.74, 6) is -0.0896. The zero-order valence-electron chi connectivity index (χ0n) is 11.2. The number of likely N-dealkylation sites (tertiary alicyclic amines) is 1. The minimum absolute atomic E-state index is 0.0234. The number of thiazole rings is 1. The summed E-state index contributed by atoms with van der Waals surface area (Å²) in [6, 6.07) is 0.401. The number of nitrogens with two attached hydrogens (primary N) is 1. The Kier molecular flexibility index (Phi) is 3.60. The lowest BCUT2D eigenvalue weighted by molar-refractivity contribution is -0.129. The summed E-state index contributed by atoms with van der Waals surface area (Å²) in [4.78, 5) is 29.8. The first kappa shape index (κ1) is 13.4. The van der Waals surface area contributed by atoms with Gasteiger partial charge in [-0.15, -0.1) is 11.3 Å². The summed E-state index contributed by atoms with van der Waals surface area (Å²) in [5.41, 5.74) is 6.45. The van der Waals surface area contributed by atoms with E-state index in [-0.39, 0.29) is 17.7 Å². The van der Waals surface area contributed by atoms with Gasteiger partial charge in [0.1, 0.15) is 0 Å². The number of aromatic nitrogens is 1. The topological polar surface area (TPSA) is 88.3 Å². The molecule has 2 aliphatic rings. The van der Waals surface area contributed by atoms with E-state index in [4.69, 9.17) is 5.73 Å². The number of anilines is 1. The molecule has 1 saturated heterocycles. The number of nitrogen functional groups attached to an aromatic ring is 1. The highest BCUT2D eigenvalue weighted by atomic mass is 32.1. The van der Waals surface area contributed by atoms with E-state index in [0.717, 1.165) is 18.5 Å². The molecule has 3 N–H and O–H groups in total. The van der Waals surface area contributed by atoms with Crippen LogP contribution in [0.25, 0.3) is 0 Å². The Morgan fingerprint density at radius 3 is 3.00 bits per heavy atom. The first-order chi connectivity index (χ1) is 9.63. The molecule has 0 spiro atoms. The Morgan fingerprint density at radius 1 is 1.55 bits per heavy atom. The molecule has 108 valence electrons. The van der Waals surface area contributed by atoms with Crippen LogP contribution < -0.4 is 11.1 Å². The monoisotopic (exact) mass is 294 g/mol. The molecule has 20 heavy (non-hydrogen) atoms. The van der Waals surface area contributed by atoms with Crippen molar-refractivity contribution in [2.45, 2.75) is 31.7 Å². The number of amides is 2. The molecule has 2 amide bonds. The van der Waals surface area contributed by atoms with Crippen LogP contribution in [0.1, 0.15) is 25.0 Å². The van der Waals surface area contributed by atoms with Gasteiger partial charge in [-0.3, -0.25) is 9.59 Å². The Hall–Kier alpha value is -1.63. The maximum Gasteiger partial charge on any atom is 0.225 e. The molecule has 1 aromatic rings. The van der Waals surface area contributed by atoms with Crippen LogP contribution in [0.3, 0.4) is 0 Å². The fourth-order valence-corrected chi connectivity index (χ4v) is 3.14. The maximum atomic E-state index is 12.0. The van der Waals surface area contributed by atoms with Gasteiger partial charge in [0, 0.05) is 37.4 Å². The molecule has 6 nitrogen and oxygen atoms in total. The fourth-order valence-electron chi connectivity index (χ4n) is 2.54. The smallest absolute Gasteiger partial charge is 0.225 e. The average Bonchev–Trinajstić information content (AvgIpc) is 3.06. The minimum atomic E-state index is -0.191. The van der Waals surface area contributed by atoms with E-state index in [2.05, 4.69) is 10.3 Å². The molecule has 1 aromatic heterocycles. The number of carbonyl (C=O) groups excluding carboxylic acids is 2. The molecular weight excluding hydrogens is 276 g/mol. The second kappa shape index (κ2) is 5.40. The molecule has 1 atom stereocenters. The zero-order chi connectivity index (χ0) is 14.1. The van der Waals surface area contributed by atoms with Crippen LogP contribution in [-0.2, 0) is 16.0 Å². The van der Waals surface area contributed by atoms with Crippen molar-refractivity contribution in [1.29, 1.82) is 0 Å². The van der Waals surface area contributed by atoms with Crippen LogP contribution in [0.2, 0.25) is 0 Å². The van der Waals surface area contributed by atoms with Gasteiger partial charge in [0.25, 0.3) is 0 Å². The number of hydrogen-bond donors (Lipinski definition) is 2. The van der Waals surface area contributed by atoms with Gasteiger partial charge in [0.15, 0.2) is 5.13 Å².